The van der Waals surface area contributed by atoms with E-state index in [9.17, 15) is 26.3 Å². The van der Waals surface area contributed by atoms with E-state index in [4.69, 9.17) is 12.2 Å². The van der Waals surface area contributed by atoms with E-state index in [1.54, 1.807) is 0 Å². The summed E-state index contributed by atoms with van der Waals surface area (Å²) in [4.78, 5) is 0.0588. The first kappa shape index (κ1) is 17.1. The third-order valence-corrected chi connectivity index (χ3v) is 4.87. The minimum atomic E-state index is -4.59. The molecule has 1 N–H and O–H groups in total. The van der Waals surface area contributed by atoms with Crippen molar-refractivity contribution in [3.8, 4) is 0 Å². The predicted molar refractivity (Wildman–Crippen MR) is 82.3 cm³/mol. The standard InChI is InChI=1S/C15H7F6NS2/c16-14(17,18)7-4-5-11-10(6-7)22-13(23)8-2-1-3-9(12(8)24-11)15(19,20)21/h1-6H,(H,22,23). The van der Waals surface area contributed by atoms with Crippen LogP contribution >= 0.6 is 24.0 Å². The van der Waals surface area contributed by atoms with Gasteiger partial charge in [0.05, 0.1) is 16.8 Å². The number of hydrogen-bond acceptors (Lipinski definition) is 2. The normalized spacial score (nSPS) is 14.5. The second-order valence-corrected chi connectivity index (χ2v) is 6.41. The van der Waals surface area contributed by atoms with Gasteiger partial charge in [0.25, 0.3) is 0 Å². The fraction of sp³-hybridized carbons (Fsp3) is 0.133. The fourth-order valence-electron chi connectivity index (χ4n) is 2.24. The summed E-state index contributed by atoms with van der Waals surface area (Å²) in [6.07, 6.45) is -9.15. The molecule has 0 unspecified atom stereocenters. The van der Waals surface area contributed by atoms with Crippen molar-refractivity contribution < 1.29 is 26.3 Å². The molecule has 0 fully saturated rings. The van der Waals surface area contributed by atoms with Crippen molar-refractivity contribution in [3.05, 3.63) is 53.1 Å². The summed E-state index contributed by atoms with van der Waals surface area (Å²) in [6, 6.07) is 6.35. The molecule has 3 rings (SSSR count). The molecule has 0 bridgehead atoms. The van der Waals surface area contributed by atoms with Crippen molar-refractivity contribution in [2.24, 2.45) is 0 Å². The number of rotatable bonds is 0. The maximum Gasteiger partial charge on any atom is 0.417 e. The van der Waals surface area contributed by atoms with Crippen LogP contribution in [-0.4, -0.2) is 4.99 Å². The molecule has 126 valence electrons. The second-order valence-electron chi connectivity index (χ2n) is 4.94. The molecule has 24 heavy (non-hydrogen) atoms. The third kappa shape index (κ3) is 3.10. The highest BCUT2D eigenvalue weighted by molar-refractivity contribution is 7.99. The van der Waals surface area contributed by atoms with E-state index in [1.165, 1.54) is 12.1 Å². The molecule has 0 saturated heterocycles. The number of fused-ring (bicyclic) bond motifs is 2. The van der Waals surface area contributed by atoms with Gasteiger partial charge in [0.2, 0.25) is 0 Å². The Kier molecular flexibility index (Phi) is 4.03. The van der Waals surface area contributed by atoms with Gasteiger partial charge in [0, 0.05) is 15.4 Å². The number of nitrogens with one attached hydrogen (secondary N) is 1. The summed E-state index contributed by atoms with van der Waals surface area (Å²) in [5.41, 5.74) is -1.61. The number of alkyl halides is 6. The first-order valence-electron chi connectivity index (χ1n) is 6.48. The molecule has 1 heterocycles. The summed E-state index contributed by atoms with van der Waals surface area (Å²) < 4.78 is 78.1. The van der Waals surface area contributed by atoms with E-state index in [-0.39, 0.29) is 26.0 Å². The number of hydrogen-bond donors (Lipinski definition) is 1. The van der Waals surface area contributed by atoms with Gasteiger partial charge >= 0.3 is 12.4 Å². The first-order valence-corrected chi connectivity index (χ1v) is 7.70. The quantitative estimate of drug-likeness (QED) is 0.447. The molecule has 0 radical (unpaired) electrons. The van der Waals surface area contributed by atoms with E-state index < -0.39 is 23.5 Å². The van der Waals surface area contributed by atoms with Gasteiger partial charge in [-0.15, -0.1) is 0 Å². The maximum atomic E-state index is 13.2. The monoisotopic (exact) mass is 379 g/mol. The van der Waals surface area contributed by atoms with Gasteiger partial charge in [0.1, 0.15) is 4.99 Å². The van der Waals surface area contributed by atoms with Gasteiger partial charge in [-0.2, -0.15) is 26.3 Å². The van der Waals surface area contributed by atoms with Gasteiger partial charge in [-0.25, -0.2) is 0 Å². The molecule has 0 aromatic heterocycles. The van der Waals surface area contributed by atoms with Gasteiger partial charge in [-0.3, -0.25) is 0 Å². The molecule has 0 amide bonds. The Balaban J connectivity index is 2.16. The second kappa shape index (κ2) is 5.66. The van der Waals surface area contributed by atoms with Crippen LogP contribution in [0.5, 0.6) is 0 Å². The lowest BCUT2D eigenvalue weighted by molar-refractivity contribution is -0.140. The van der Waals surface area contributed by atoms with Crippen LogP contribution in [0.4, 0.5) is 32.0 Å². The van der Waals surface area contributed by atoms with Gasteiger partial charge < -0.3 is 5.32 Å². The summed E-state index contributed by atoms with van der Waals surface area (Å²) in [7, 11) is 0. The molecule has 1 nitrogen and oxygen atoms in total. The van der Waals surface area contributed by atoms with Crippen LogP contribution in [0.1, 0.15) is 16.7 Å². The van der Waals surface area contributed by atoms with Gasteiger partial charge in [-0.05, 0) is 24.3 Å². The van der Waals surface area contributed by atoms with Crippen molar-refractivity contribution in [2.75, 3.05) is 5.32 Å². The number of thiocarbonyl (C=S) groups is 1. The van der Waals surface area contributed by atoms with Crippen LogP contribution in [0.15, 0.2) is 46.2 Å². The van der Waals surface area contributed by atoms with E-state index in [1.807, 2.05) is 0 Å². The van der Waals surface area contributed by atoms with Crippen molar-refractivity contribution in [3.63, 3.8) is 0 Å². The summed E-state index contributed by atoms with van der Waals surface area (Å²) >= 11 is 5.81. The zero-order valence-electron chi connectivity index (χ0n) is 11.5. The lowest BCUT2D eigenvalue weighted by Gasteiger charge is -2.14. The Morgan fingerprint density at radius 3 is 2.25 bits per heavy atom. The van der Waals surface area contributed by atoms with Crippen LogP contribution in [0, 0.1) is 0 Å². The fourth-order valence-corrected chi connectivity index (χ4v) is 3.74. The van der Waals surface area contributed by atoms with Crippen LogP contribution in [0.3, 0.4) is 0 Å². The molecule has 0 atom stereocenters. The first-order chi connectivity index (χ1) is 11.1. The van der Waals surface area contributed by atoms with Crippen molar-refractivity contribution in [1.82, 2.24) is 0 Å². The lowest BCUT2D eigenvalue weighted by atomic mass is 10.1. The Hall–Kier alpha value is -1.74. The Morgan fingerprint density at radius 2 is 1.62 bits per heavy atom. The van der Waals surface area contributed by atoms with Crippen LogP contribution in [-0.2, 0) is 12.4 Å². The lowest BCUT2D eigenvalue weighted by Crippen LogP contribution is -2.14. The molecule has 0 spiro atoms. The Morgan fingerprint density at radius 1 is 0.917 bits per heavy atom. The molecule has 2 aromatic rings. The molecule has 1 aliphatic rings. The van der Waals surface area contributed by atoms with Crippen molar-refractivity contribution in [2.45, 2.75) is 22.1 Å². The van der Waals surface area contributed by atoms with E-state index >= 15 is 0 Å². The zero-order chi connectivity index (χ0) is 17.7. The molecule has 9 heteroatoms. The molecule has 1 aliphatic heterocycles. The van der Waals surface area contributed by atoms with Crippen LogP contribution in [0.2, 0.25) is 0 Å². The minimum absolute atomic E-state index is 0.0316. The average Bonchev–Trinajstić information content (AvgIpc) is 2.60. The molecule has 2 aromatic carbocycles. The number of anilines is 1. The highest BCUT2D eigenvalue weighted by Gasteiger charge is 2.37. The Labute approximate surface area is 142 Å². The molecule has 0 aliphatic carbocycles. The molecule has 0 saturated carbocycles. The van der Waals surface area contributed by atoms with E-state index in [0.717, 1.165) is 36.0 Å². The summed E-state index contributed by atoms with van der Waals surface area (Å²) in [5.74, 6) is 0. The van der Waals surface area contributed by atoms with E-state index in [2.05, 4.69) is 5.32 Å². The van der Waals surface area contributed by atoms with Gasteiger partial charge in [-0.1, -0.05) is 36.1 Å². The minimum Gasteiger partial charge on any atom is -0.345 e. The van der Waals surface area contributed by atoms with Crippen molar-refractivity contribution >= 4 is 34.7 Å². The summed E-state index contributed by atoms with van der Waals surface area (Å²) in [5, 5.41) is 2.61. The largest absolute Gasteiger partial charge is 0.417 e. The molecular formula is C15H7F6NS2. The number of benzene rings is 2. The SMILES string of the molecule is FC(F)(F)c1ccc2c(c1)NC(=S)c1cccc(C(F)(F)F)c1S2. The van der Waals surface area contributed by atoms with Crippen LogP contribution < -0.4 is 5.32 Å². The Bertz CT molecular complexity index is 826. The van der Waals surface area contributed by atoms with Crippen LogP contribution in [0.25, 0.3) is 0 Å². The van der Waals surface area contributed by atoms with E-state index in [0.29, 0.717) is 0 Å². The third-order valence-electron chi connectivity index (χ3n) is 3.33. The maximum absolute atomic E-state index is 13.2. The van der Waals surface area contributed by atoms with Crippen molar-refractivity contribution in [1.29, 1.82) is 0 Å². The smallest absolute Gasteiger partial charge is 0.345 e. The topological polar surface area (TPSA) is 12.0 Å². The average molecular weight is 379 g/mol. The highest BCUT2D eigenvalue weighted by atomic mass is 32.2. The highest BCUT2D eigenvalue weighted by Crippen LogP contribution is 2.46. The number of halogens is 6. The molecular weight excluding hydrogens is 372 g/mol. The van der Waals surface area contributed by atoms with Gasteiger partial charge in [0.15, 0.2) is 0 Å². The zero-order valence-corrected chi connectivity index (χ0v) is 13.2. The summed E-state index contributed by atoms with van der Waals surface area (Å²) in [6.45, 7) is 0. The predicted octanol–water partition coefficient (Wildman–Crippen LogP) is 5.98.